The lowest BCUT2D eigenvalue weighted by atomic mass is 10.1. The van der Waals surface area contributed by atoms with Gasteiger partial charge in [0.1, 0.15) is 17.1 Å². The predicted octanol–water partition coefficient (Wildman–Crippen LogP) is 2.54. The van der Waals surface area contributed by atoms with Crippen LogP contribution in [0.4, 0.5) is 0 Å². The van der Waals surface area contributed by atoms with Crippen molar-refractivity contribution in [3.8, 4) is 23.0 Å². The first kappa shape index (κ1) is 21.2. The third-order valence-electron chi connectivity index (χ3n) is 3.78. The van der Waals surface area contributed by atoms with E-state index in [-0.39, 0.29) is 22.9 Å². The van der Waals surface area contributed by atoms with E-state index in [0.29, 0.717) is 22.8 Å². The molecule has 0 spiro atoms. The van der Waals surface area contributed by atoms with E-state index in [2.05, 4.69) is 5.32 Å². The molecule has 0 atom stereocenters. The Bertz CT molecular complexity index is 870. The van der Waals surface area contributed by atoms with Crippen LogP contribution in [-0.2, 0) is 16.1 Å². The van der Waals surface area contributed by atoms with Gasteiger partial charge in [0.05, 0.1) is 21.3 Å². The summed E-state index contributed by atoms with van der Waals surface area (Å²) in [6.07, 6.45) is 0. The first-order valence-electron chi connectivity index (χ1n) is 8.10. The summed E-state index contributed by atoms with van der Waals surface area (Å²) in [5, 5.41) is 12.5. The number of amides is 1. The van der Waals surface area contributed by atoms with E-state index in [1.165, 1.54) is 39.5 Å². The van der Waals surface area contributed by atoms with E-state index in [9.17, 15) is 14.7 Å². The lowest BCUT2D eigenvalue weighted by molar-refractivity contribution is -0.124. The summed E-state index contributed by atoms with van der Waals surface area (Å²) in [5.74, 6) is -0.214. The van der Waals surface area contributed by atoms with Gasteiger partial charge in [-0.2, -0.15) is 0 Å². The number of esters is 1. The van der Waals surface area contributed by atoms with Crippen molar-refractivity contribution in [3.63, 3.8) is 0 Å². The zero-order chi connectivity index (χ0) is 20.7. The van der Waals surface area contributed by atoms with Crippen LogP contribution >= 0.6 is 11.6 Å². The number of carbonyl (C=O) groups is 2. The van der Waals surface area contributed by atoms with Crippen LogP contribution in [0.5, 0.6) is 23.0 Å². The molecule has 2 N–H and O–H groups in total. The number of carbonyl (C=O) groups excluding carboxylic acids is 2. The Labute approximate surface area is 166 Å². The number of halogens is 1. The largest absolute Gasteiger partial charge is 0.507 e. The van der Waals surface area contributed by atoms with Gasteiger partial charge in [0.15, 0.2) is 18.1 Å². The number of aromatic hydroxyl groups is 1. The van der Waals surface area contributed by atoms with Crippen molar-refractivity contribution in [2.45, 2.75) is 6.54 Å². The summed E-state index contributed by atoms with van der Waals surface area (Å²) in [6, 6.07) is 7.26. The number of rotatable bonds is 8. The fourth-order valence-electron chi connectivity index (χ4n) is 2.36. The first-order chi connectivity index (χ1) is 13.4. The van der Waals surface area contributed by atoms with Crippen LogP contribution in [0.25, 0.3) is 0 Å². The molecule has 9 heteroatoms. The van der Waals surface area contributed by atoms with Crippen molar-refractivity contribution in [2.24, 2.45) is 0 Å². The van der Waals surface area contributed by atoms with Crippen LogP contribution in [0.2, 0.25) is 5.02 Å². The van der Waals surface area contributed by atoms with Crippen LogP contribution in [0.15, 0.2) is 30.3 Å². The Hall–Kier alpha value is -3.13. The molecule has 0 aliphatic rings. The highest BCUT2D eigenvalue weighted by atomic mass is 35.5. The molecule has 0 heterocycles. The summed E-state index contributed by atoms with van der Waals surface area (Å²) in [6.45, 7) is -0.414. The minimum atomic E-state index is -0.862. The Morgan fingerprint density at radius 3 is 2.29 bits per heavy atom. The zero-order valence-corrected chi connectivity index (χ0v) is 16.3. The molecule has 2 rings (SSSR count). The smallest absolute Gasteiger partial charge is 0.342 e. The second-order valence-electron chi connectivity index (χ2n) is 5.53. The average molecular weight is 410 g/mol. The number of nitrogens with one attached hydrogen (secondary N) is 1. The molecule has 0 bridgehead atoms. The molecule has 2 aromatic rings. The summed E-state index contributed by atoms with van der Waals surface area (Å²) in [7, 11) is 4.49. The molecule has 8 nitrogen and oxygen atoms in total. The van der Waals surface area contributed by atoms with Crippen molar-refractivity contribution in [2.75, 3.05) is 27.9 Å². The number of methoxy groups -OCH3 is 3. The highest BCUT2D eigenvalue weighted by Crippen LogP contribution is 2.34. The van der Waals surface area contributed by atoms with Gasteiger partial charge < -0.3 is 29.4 Å². The van der Waals surface area contributed by atoms with Crippen molar-refractivity contribution in [1.82, 2.24) is 5.32 Å². The highest BCUT2D eigenvalue weighted by molar-refractivity contribution is 6.31. The van der Waals surface area contributed by atoms with Gasteiger partial charge in [-0.05, 0) is 24.3 Å². The number of ether oxygens (including phenoxy) is 4. The maximum absolute atomic E-state index is 12.0. The van der Waals surface area contributed by atoms with E-state index >= 15 is 0 Å². The third kappa shape index (κ3) is 5.20. The van der Waals surface area contributed by atoms with Gasteiger partial charge in [0.25, 0.3) is 5.91 Å². The number of phenols is 1. The van der Waals surface area contributed by atoms with Gasteiger partial charge in [-0.25, -0.2) is 4.79 Å². The second kappa shape index (κ2) is 9.70. The van der Waals surface area contributed by atoms with Crippen LogP contribution in [0.3, 0.4) is 0 Å². The molecule has 0 fully saturated rings. The third-order valence-corrected chi connectivity index (χ3v) is 4.01. The number of hydrogen-bond acceptors (Lipinski definition) is 7. The van der Waals surface area contributed by atoms with Gasteiger partial charge in [-0.1, -0.05) is 11.6 Å². The molecular formula is C19H20ClNO7. The van der Waals surface area contributed by atoms with Gasteiger partial charge in [0, 0.05) is 23.2 Å². The highest BCUT2D eigenvalue weighted by Gasteiger charge is 2.16. The first-order valence-corrected chi connectivity index (χ1v) is 8.48. The van der Waals surface area contributed by atoms with Gasteiger partial charge in [-0.15, -0.1) is 0 Å². The molecule has 1 amide bonds. The van der Waals surface area contributed by atoms with Crippen LogP contribution in [0.1, 0.15) is 15.9 Å². The molecule has 2 aromatic carbocycles. The number of phenolic OH excluding ortho intramolecular Hbond substituents is 1. The predicted molar refractivity (Wildman–Crippen MR) is 101 cm³/mol. The molecule has 28 heavy (non-hydrogen) atoms. The van der Waals surface area contributed by atoms with E-state index in [0.717, 1.165) is 0 Å². The van der Waals surface area contributed by atoms with E-state index in [1.54, 1.807) is 12.1 Å². The Morgan fingerprint density at radius 2 is 1.64 bits per heavy atom. The maximum Gasteiger partial charge on any atom is 0.342 e. The van der Waals surface area contributed by atoms with Crippen molar-refractivity contribution >= 4 is 23.5 Å². The van der Waals surface area contributed by atoms with E-state index in [1.807, 2.05) is 0 Å². The molecule has 0 aliphatic heterocycles. The summed E-state index contributed by atoms with van der Waals surface area (Å²) < 4.78 is 20.6. The summed E-state index contributed by atoms with van der Waals surface area (Å²) >= 11 is 5.79. The molecule has 150 valence electrons. The van der Waals surface area contributed by atoms with Crippen LogP contribution < -0.4 is 19.5 Å². The Morgan fingerprint density at radius 1 is 1.00 bits per heavy atom. The normalized spacial score (nSPS) is 10.1. The molecule has 0 saturated heterocycles. The monoisotopic (exact) mass is 409 g/mol. The standard InChI is InChI=1S/C19H20ClNO7/c1-25-15-8-17(27-3)16(26-2)6-11(15)9-21-18(23)10-28-19(24)13-7-12(20)4-5-14(13)22/h4-8,22H,9-10H2,1-3H3,(H,21,23). The van der Waals surface area contributed by atoms with Crippen LogP contribution in [-0.4, -0.2) is 44.9 Å². The van der Waals surface area contributed by atoms with Crippen LogP contribution in [0, 0.1) is 0 Å². The molecule has 0 saturated carbocycles. The van der Waals surface area contributed by atoms with E-state index in [4.69, 9.17) is 30.5 Å². The number of benzene rings is 2. The van der Waals surface area contributed by atoms with E-state index < -0.39 is 18.5 Å². The fourth-order valence-corrected chi connectivity index (χ4v) is 2.53. The molecule has 0 radical (unpaired) electrons. The van der Waals surface area contributed by atoms with Crippen molar-refractivity contribution in [1.29, 1.82) is 0 Å². The van der Waals surface area contributed by atoms with Gasteiger partial charge >= 0.3 is 5.97 Å². The fraction of sp³-hybridized carbons (Fsp3) is 0.263. The molecule has 0 aromatic heterocycles. The number of hydrogen-bond donors (Lipinski definition) is 2. The zero-order valence-electron chi connectivity index (χ0n) is 15.6. The van der Waals surface area contributed by atoms with Crippen molar-refractivity contribution < 1.29 is 33.6 Å². The molecular weight excluding hydrogens is 390 g/mol. The maximum atomic E-state index is 12.0. The summed E-state index contributed by atoms with van der Waals surface area (Å²) in [4.78, 5) is 24.0. The Kier molecular flexibility index (Phi) is 7.34. The average Bonchev–Trinajstić information content (AvgIpc) is 2.71. The summed E-state index contributed by atoms with van der Waals surface area (Å²) in [5.41, 5.74) is 0.522. The minimum Gasteiger partial charge on any atom is -0.507 e. The lowest BCUT2D eigenvalue weighted by Crippen LogP contribution is -2.28. The van der Waals surface area contributed by atoms with Crippen molar-refractivity contribution in [3.05, 3.63) is 46.5 Å². The quantitative estimate of drug-likeness (QED) is 0.646. The van der Waals surface area contributed by atoms with Gasteiger partial charge in [-0.3, -0.25) is 4.79 Å². The lowest BCUT2D eigenvalue weighted by Gasteiger charge is -2.14. The second-order valence-corrected chi connectivity index (χ2v) is 5.97. The SMILES string of the molecule is COc1cc(OC)c(OC)cc1CNC(=O)COC(=O)c1cc(Cl)ccc1O. The molecule has 0 unspecified atom stereocenters. The molecule has 0 aliphatic carbocycles. The topological polar surface area (TPSA) is 103 Å². The van der Waals surface area contributed by atoms with Gasteiger partial charge in [0.2, 0.25) is 0 Å². The minimum absolute atomic E-state index is 0.113. The Balaban J connectivity index is 1.97.